The first-order chi connectivity index (χ1) is 8.27. The highest BCUT2D eigenvalue weighted by molar-refractivity contribution is 5.69. The number of hydrogen-bond donors (Lipinski definition) is 4. The predicted octanol–water partition coefficient (Wildman–Crippen LogP) is 0.0363. The van der Waals surface area contributed by atoms with E-state index in [4.69, 9.17) is 16.2 Å². The molecule has 0 aromatic carbocycles. The van der Waals surface area contributed by atoms with Crippen molar-refractivity contribution in [1.82, 2.24) is 15.5 Å². The summed E-state index contributed by atoms with van der Waals surface area (Å²) < 4.78 is 5.53. The van der Waals surface area contributed by atoms with E-state index in [2.05, 4.69) is 25.7 Å². The SMILES string of the molecule is Nc1n[nH]c(N)c1N=NCCC1CNCCO1. The lowest BCUT2D eigenvalue weighted by molar-refractivity contribution is 0.0251. The van der Waals surface area contributed by atoms with Gasteiger partial charge in [0.2, 0.25) is 0 Å². The van der Waals surface area contributed by atoms with Gasteiger partial charge in [-0.3, -0.25) is 5.10 Å². The van der Waals surface area contributed by atoms with Gasteiger partial charge in [0.1, 0.15) is 5.82 Å². The van der Waals surface area contributed by atoms with Crippen LogP contribution in [0.1, 0.15) is 6.42 Å². The number of nitrogens with zero attached hydrogens (tertiary/aromatic N) is 3. The Morgan fingerprint density at radius 1 is 1.47 bits per heavy atom. The number of azo groups is 1. The van der Waals surface area contributed by atoms with Crippen LogP contribution in [0.25, 0.3) is 0 Å². The third kappa shape index (κ3) is 3.14. The van der Waals surface area contributed by atoms with Crippen molar-refractivity contribution in [2.24, 2.45) is 10.2 Å². The van der Waals surface area contributed by atoms with Crippen molar-refractivity contribution in [3.8, 4) is 0 Å². The largest absolute Gasteiger partial charge is 0.382 e. The van der Waals surface area contributed by atoms with Gasteiger partial charge in [-0.25, -0.2) is 0 Å². The minimum Gasteiger partial charge on any atom is -0.382 e. The lowest BCUT2D eigenvalue weighted by atomic mass is 10.2. The summed E-state index contributed by atoms with van der Waals surface area (Å²) in [6, 6.07) is 0. The second-order valence-corrected chi connectivity index (χ2v) is 3.82. The van der Waals surface area contributed by atoms with Gasteiger partial charge in [-0.15, -0.1) is 5.11 Å². The van der Waals surface area contributed by atoms with Crippen molar-refractivity contribution in [2.75, 3.05) is 37.7 Å². The highest BCUT2D eigenvalue weighted by atomic mass is 16.5. The Balaban J connectivity index is 1.78. The molecule has 94 valence electrons. The van der Waals surface area contributed by atoms with Crippen LogP contribution in [0.2, 0.25) is 0 Å². The van der Waals surface area contributed by atoms with Crippen molar-refractivity contribution in [3.05, 3.63) is 0 Å². The fraction of sp³-hybridized carbons (Fsp3) is 0.667. The van der Waals surface area contributed by atoms with Crippen LogP contribution in [0, 0.1) is 0 Å². The molecule has 0 aliphatic carbocycles. The fourth-order valence-electron chi connectivity index (χ4n) is 1.60. The van der Waals surface area contributed by atoms with E-state index in [1.807, 2.05) is 0 Å². The molecule has 2 heterocycles. The van der Waals surface area contributed by atoms with Gasteiger partial charge in [-0.2, -0.15) is 10.2 Å². The van der Waals surface area contributed by atoms with Crippen LogP contribution in [0.5, 0.6) is 0 Å². The molecule has 1 fully saturated rings. The molecule has 1 aliphatic heterocycles. The molecule has 0 spiro atoms. The van der Waals surface area contributed by atoms with Gasteiger partial charge in [-0.05, 0) is 6.42 Å². The minimum absolute atomic E-state index is 0.210. The first kappa shape index (κ1) is 11.8. The van der Waals surface area contributed by atoms with Gasteiger partial charge in [-0.1, -0.05) is 0 Å². The number of rotatable bonds is 4. The van der Waals surface area contributed by atoms with Crippen LogP contribution >= 0.6 is 0 Å². The van der Waals surface area contributed by atoms with E-state index in [0.717, 1.165) is 26.1 Å². The number of H-pyrrole nitrogens is 1. The molecule has 8 nitrogen and oxygen atoms in total. The lowest BCUT2D eigenvalue weighted by Gasteiger charge is -2.22. The zero-order valence-electron chi connectivity index (χ0n) is 9.52. The number of ether oxygens (including phenoxy) is 1. The van der Waals surface area contributed by atoms with Crippen LogP contribution in [-0.2, 0) is 4.74 Å². The average molecular weight is 239 g/mol. The quantitative estimate of drug-likeness (QED) is 0.551. The Kier molecular flexibility index (Phi) is 3.89. The molecule has 2 rings (SSSR count). The van der Waals surface area contributed by atoms with Gasteiger partial charge >= 0.3 is 0 Å². The fourth-order valence-corrected chi connectivity index (χ4v) is 1.60. The standard InChI is InChI=1S/C9H17N7O/c10-8-7(9(11)16-15-8)14-13-2-1-6-5-12-3-4-17-6/h6,12H,1-5H2,(H5,10,11,15,16). The number of nitrogens with one attached hydrogen (secondary N) is 2. The van der Waals surface area contributed by atoms with E-state index >= 15 is 0 Å². The van der Waals surface area contributed by atoms with Crippen LogP contribution in [0.15, 0.2) is 10.2 Å². The number of anilines is 2. The van der Waals surface area contributed by atoms with Crippen LogP contribution < -0.4 is 16.8 Å². The molecule has 0 radical (unpaired) electrons. The lowest BCUT2D eigenvalue weighted by Crippen LogP contribution is -2.38. The first-order valence-corrected chi connectivity index (χ1v) is 5.56. The topological polar surface area (TPSA) is 127 Å². The van der Waals surface area contributed by atoms with Crippen molar-refractivity contribution < 1.29 is 4.74 Å². The second-order valence-electron chi connectivity index (χ2n) is 3.82. The maximum atomic E-state index is 5.58. The molecule has 6 N–H and O–H groups in total. The summed E-state index contributed by atoms with van der Waals surface area (Å²) in [6.07, 6.45) is 1.04. The normalized spacial score (nSPS) is 21.1. The smallest absolute Gasteiger partial charge is 0.175 e. The summed E-state index contributed by atoms with van der Waals surface area (Å²) in [7, 11) is 0. The number of hydrogen-bond acceptors (Lipinski definition) is 7. The maximum Gasteiger partial charge on any atom is 0.175 e. The number of nitrogen functional groups attached to an aromatic ring is 2. The molecule has 0 saturated carbocycles. The minimum atomic E-state index is 0.210. The molecule has 8 heteroatoms. The number of aromatic amines is 1. The van der Waals surface area contributed by atoms with Crippen LogP contribution in [0.3, 0.4) is 0 Å². The number of nitrogens with two attached hydrogens (primary N) is 2. The van der Waals surface area contributed by atoms with E-state index in [-0.39, 0.29) is 11.9 Å². The monoisotopic (exact) mass is 239 g/mol. The van der Waals surface area contributed by atoms with Gasteiger partial charge in [0.15, 0.2) is 11.5 Å². The Morgan fingerprint density at radius 3 is 3.00 bits per heavy atom. The molecular formula is C9H17N7O. The zero-order valence-corrected chi connectivity index (χ0v) is 9.52. The highest BCUT2D eigenvalue weighted by Crippen LogP contribution is 2.25. The third-order valence-corrected chi connectivity index (χ3v) is 2.52. The van der Waals surface area contributed by atoms with Crippen LogP contribution in [-0.4, -0.2) is 42.5 Å². The molecule has 1 aliphatic rings. The number of morpholine rings is 1. The van der Waals surface area contributed by atoms with Gasteiger partial charge in [0.25, 0.3) is 0 Å². The summed E-state index contributed by atoms with van der Waals surface area (Å²) in [5, 5.41) is 17.5. The van der Waals surface area contributed by atoms with E-state index < -0.39 is 0 Å². The van der Waals surface area contributed by atoms with Crippen molar-refractivity contribution in [2.45, 2.75) is 12.5 Å². The van der Waals surface area contributed by atoms with E-state index in [1.165, 1.54) is 0 Å². The second kappa shape index (κ2) is 5.60. The van der Waals surface area contributed by atoms with Crippen molar-refractivity contribution >= 4 is 17.3 Å². The summed E-state index contributed by atoms with van der Waals surface area (Å²) in [5.74, 6) is 0.601. The van der Waals surface area contributed by atoms with Crippen LogP contribution in [0.4, 0.5) is 17.3 Å². The first-order valence-electron chi connectivity index (χ1n) is 5.56. The average Bonchev–Trinajstić information content (AvgIpc) is 2.67. The van der Waals surface area contributed by atoms with Gasteiger partial charge in [0.05, 0.1) is 19.3 Å². The molecule has 17 heavy (non-hydrogen) atoms. The zero-order chi connectivity index (χ0) is 12.1. The van der Waals surface area contributed by atoms with E-state index in [9.17, 15) is 0 Å². The summed E-state index contributed by atoms with van der Waals surface area (Å²) in [4.78, 5) is 0. The number of aromatic nitrogens is 2. The summed E-state index contributed by atoms with van der Waals surface area (Å²) in [5.41, 5.74) is 11.5. The summed E-state index contributed by atoms with van der Waals surface area (Å²) in [6.45, 7) is 3.12. The van der Waals surface area contributed by atoms with E-state index in [0.29, 0.717) is 18.1 Å². The van der Waals surface area contributed by atoms with E-state index in [1.54, 1.807) is 0 Å². The highest BCUT2D eigenvalue weighted by Gasteiger charge is 2.12. The molecule has 1 atom stereocenters. The predicted molar refractivity (Wildman–Crippen MR) is 64.0 cm³/mol. The Morgan fingerprint density at radius 2 is 2.35 bits per heavy atom. The van der Waals surface area contributed by atoms with Crippen molar-refractivity contribution in [3.63, 3.8) is 0 Å². The molecule has 0 bridgehead atoms. The van der Waals surface area contributed by atoms with Gasteiger partial charge < -0.3 is 21.5 Å². The molecule has 1 saturated heterocycles. The molecule has 0 amide bonds. The molecule has 1 aromatic heterocycles. The maximum absolute atomic E-state index is 5.58. The Bertz CT molecular complexity index is 363. The molecule has 1 aromatic rings. The van der Waals surface area contributed by atoms with Gasteiger partial charge in [0, 0.05) is 13.1 Å². The molecular weight excluding hydrogens is 222 g/mol. The molecule has 1 unspecified atom stereocenters. The van der Waals surface area contributed by atoms with Crippen molar-refractivity contribution in [1.29, 1.82) is 0 Å². The Hall–Kier alpha value is -1.67. The third-order valence-electron chi connectivity index (χ3n) is 2.52. The summed E-state index contributed by atoms with van der Waals surface area (Å²) >= 11 is 0. The Labute approximate surface area is 98.8 Å².